The number of carbonyl (C=O) groups excluding carboxylic acids is 3. The van der Waals surface area contributed by atoms with Crippen molar-refractivity contribution in [2.24, 2.45) is 0 Å². The van der Waals surface area contributed by atoms with Gasteiger partial charge in [-0.15, -0.1) is 11.3 Å². The van der Waals surface area contributed by atoms with Crippen molar-refractivity contribution in [1.82, 2.24) is 9.88 Å². The molecule has 0 saturated heterocycles. The van der Waals surface area contributed by atoms with E-state index >= 15 is 0 Å². The van der Waals surface area contributed by atoms with Crippen LogP contribution in [0.3, 0.4) is 0 Å². The molecule has 1 aromatic heterocycles. The molecule has 21 heavy (non-hydrogen) atoms. The number of rotatable bonds is 3. The summed E-state index contributed by atoms with van der Waals surface area (Å²) in [6, 6.07) is 5.64. The summed E-state index contributed by atoms with van der Waals surface area (Å²) in [6.07, 6.45) is 1.56. The molecular weight excluding hydrogens is 290 g/mol. The molecule has 0 saturated carbocycles. The molecular formula is C14H11N3O3S. The van der Waals surface area contributed by atoms with Crippen molar-refractivity contribution in [2.75, 3.05) is 5.32 Å². The summed E-state index contributed by atoms with van der Waals surface area (Å²) in [7, 11) is 0. The van der Waals surface area contributed by atoms with Crippen LogP contribution in [0.2, 0.25) is 0 Å². The van der Waals surface area contributed by atoms with Crippen LogP contribution in [0.25, 0.3) is 0 Å². The monoisotopic (exact) mass is 301 g/mol. The van der Waals surface area contributed by atoms with Gasteiger partial charge in [-0.25, -0.2) is 4.98 Å². The maximum atomic E-state index is 12.3. The van der Waals surface area contributed by atoms with Gasteiger partial charge in [0.25, 0.3) is 11.8 Å². The minimum atomic E-state index is -0.902. The maximum Gasteiger partial charge on any atom is 0.262 e. The average Bonchev–Trinajstić information content (AvgIpc) is 3.07. The highest BCUT2D eigenvalue weighted by Crippen LogP contribution is 2.25. The average molecular weight is 301 g/mol. The zero-order chi connectivity index (χ0) is 15.0. The molecule has 0 radical (unpaired) electrons. The van der Waals surface area contributed by atoms with E-state index in [0.29, 0.717) is 16.3 Å². The van der Waals surface area contributed by atoms with Crippen LogP contribution in [0, 0.1) is 0 Å². The van der Waals surface area contributed by atoms with Crippen LogP contribution < -0.4 is 5.32 Å². The first-order valence-electron chi connectivity index (χ1n) is 6.27. The highest BCUT2D eigenvalue weighted by molar-refractivity contribution is 7.13. The zero-order valence-electron chi connectivity index (χ0n) is 11.1. The Morgan fingerprint density at radius 3 is 2.38 bits per heavy atom. The molecule has 7 heteroatoms. The summed E-state index contributed by atoms with van der Waals surface area (Å²) >= 11 is 1.27. The zero-order valence-corrected chi connectivity index (χ0v) is 11.9. The fourth-order valence-electron chi connectivity index (χ4n) is 2.17. The summed E-state index contributed by atoms with van der Waals surface area (Å²) in [5.41, 5.74) is 0.660. The number of carbonyl (C=O) groups is 3. The molecule has 0 spiro atoms. The van der Waals surface area contributed by atoms with Crippen molar-refractivity contribution in [3.8, 4) is 0 Å². The van der Waals surface area contributed by atoms with E-state index in [1.165, 1.54) is 18.3 Å². The normalized spacial score (nSPS) is 15.0. The van der Waals surface area contributed by atoms with E-state index in [1.54, 1.807) is 35.8 Å². The first kappa shape index (κ1) is 13.4. The van der Waals surface area contributed by atoms with Crippen molar-refractivity contribution in [3.63, 3.8) is 0 Å². The summed E-state index contributed by atoms with van der Waals surface area (Å²) < 4.78 is 0. The number of anilines is 1. The van der Waals surface area contributed by atoms with Crippen molar-refractivity contribution < 1.29 is 14.4 Å². The van der Waals surface area contributed by atoms with E-state index < -0.39 is 23.8 Å². The minimum Gasteiger partial charge on any atom is -0.300 e. The molecule has 6 nitrogen and oxygen atoms in total. The van der Waals surface area contributed by atoms with Gasteiger partial charge in [-0.2, -0.15) is 0 Å². The third-order valence-electron chi connectivity index (χ3n) is 3.25. The molecule has 3 rings (SSSR count). The van der Waals surface area contributed by atoms with Gasteiger partial charge in [-0.3, -0.25) is 19.3 Å². The lowest BCUT2D eigenvalue weighted by atomic mass is 10.1. The summed E-state index contributed by atoms with van der Waals surface area (Å²) in [4.78, 5) is 41.6. The summed E-state index contributed by atoms with van der Waals surface area (Å²) in [6.45, 7) is 1.52. The maximum absolute atomic E-state index is 12.3. The van der Waals surface area contributed by atoms with E-state index in [0.717, 1.165) is 4.90 Å². The molecule has 2 aromatic rings. The third kappa shape index (κ3) is 2.21. The molecule has 1 atom stereocenters. The number of amides is 3. The van der Waals surface area contributed by atoms with Gasteiger partial charge in [-0.05, 0) is 19.1 Å². The van der Waals surface area contributed by atoms with Crippen molar-refractivity contribution >= 4 is 34.2 Å². The predicted octanol–water partition coefficient (Wildman–Crippen LogP) is 1.77. The molecule has 0 fully saturated rings. The second kappa shape index (κ2) is 5.10. The van der Waals surface area contributed by atoms with Crippen molar-refractivity contribution in [2.45, 2.75) is 13.0 Å². The van der Waals surface area contributed by atoms with Gasteiger partial charge in [0.2, 0.25) is 5.91 Å². The van der Waals surface area contributed by atoms with E-state index in [9.17, 15) is 14.4 Å². The third-order valence-corrected chi connectivity index (χ3v) is 3.94. The molecule has 106 valence electrons. The Kier molecular flexibility index (Phi) is 3.26. The molecule has 0 aliphatic carbocycles. The van der Waals surface area contributed by atoms with Crippen LogP contribution in [-0.2, 0) is 4.79 Å². The van der Waals surface area contributed by atoms with Gasteiger partial charge in [0.15, 0.2) is 5.13 Å². The molecule has 2 heterocycles. The minimum absolute atomic E-state index is 0.330. The van der Waals surface area contributed by atoms with Crippen molar-refractivity contribution in [1.29, 1.82) is 0 Å². The number of nitrogens with zero attached hydrogens (tertiary/aromatic N) is 2. The van der Waals surface area contributed by atoms with Gasteiger partial charge in [0.05, 0.1) is 11.1 Å². The van der Waals surface area contributed by atoms with Gasteiger partial charge in [0, 0.05) is 11.6 Å². The second-order valence-corrected chi connectivity index (χ2v) is 5.42. The van der Waals surface area contributed by atoms with E-state index in [2.05, 4.69) is 10.3 Å². The van der Waals surface area contributed by atoms with Crippen LogP contribution in [0.1, 0.15) is 27.6 Å². The largest absolute Gasteiger partial charge is 0.300 e. The van der Waals surface area contributed by atoms with E-state index in [-0.39, 0.29) is 0 Å². The van der Waals surface area contributed by atoms with Gasteiger partial charge in [-0.1, -0.05) is 12.1 Å². The molecule has 1 aromatic carbocycles. The first-order chi connectivity index (χ1) is 10.1. The Morgan fingerprint density at radius 2 is 1.86 bits per heavy atom. The van der Waals surface area contributed by atoms with Crippen LogP contribution in [0.5, 0.6) is 0 Å². The predicted molar refractivity (Wildman–Crippen MR) is 77.1 cm³/mol. The number of thiazole rings is 1. The van der Waals surface area contributed by atoms with E-state index in [4.69, 9.17) is 0 Å². The highest BCUT2D eigenvalue weighted by Gasteiger charge is 2.40. The summed E-state index contributed by atoms with van der Waals surface area (Å²) in [5, 5.41) is 4.75. The van der Waals surface area contributed by atoms with Gasteiger partial charge in [0.1, 0.15) is 6.04 Å². The number of hydrogen-bond acceptors (Lipinski definition) is 5. The number of nitrogens with one attached hydrogen (secondary N) is 1. The smallest absolute Gasteiger partial charge is 0.262 e. The molecule has 0 bridgehead atoms. The van der Waals surface area contributed by atoms with Crippen molar-refractivity contribution in [3.05, 3.63) is 47.0 Å². The van der Waals surface area contributed by atoms with Gasteiger partial charge >= 0.3 is 0 Å². The quantitative estimate of drug-likeness (QED) is 0.876. The lowest BCUT2D eigenvalue weighted by Gasteiger charge is -2.21. The molecule has 1 aliphatic rings. The Bertz CT molecular complexity index is 692. The first-order valence-corrected chi connectivity index (χ1v) is 7.15. The van der Waals surface area contributed by atoms with Crippen LogP contribution in [0.15, 0.2) is 35.8 Å². The molecule has 1 aliphatic heterocycles. The fourth-order valence-corrected chi connectivity index (χ4v) is 2.70. The van der Waals surface area contributed by atoms with Crippen LogP contribution in [-0.4, -0.2) is 33.6 Å². The van der Waals surface area contributed by atoms with E-state index in [1.807, 2.05) is 0 Å². The Balaban J connectivity index is 1.83. The van der Waals surface area contributed by atoms with Crippen LogP contribution in [0.4, 0.5) is 5.13 Å². The molecule has 1 N–H and O–H groups in total. The molecule has 0 unspecified atom stereocenters. The highest BCUT2D eigenvalue weighted by atomic mass is 32.1. The summed E-state index contributed by atoms with van der Waals surface area (Å²) in [5.74, 6) is -1.34. The number of benzene rings is 1. The second-order valence-electron chi connectivity index (χ2n) is 4.53. The SMILES string of the molecule is C[C@@H](C(=O)Nc1nccs1)N1C(=O)c2ccccc2C1=O. The molecule has 3 amide bonds. The standard InChI is InChI=1S/C14H11N3O3S/c1-8(11(18)16-14-15-6-7-21-14)17-12(19)9-4-2-3-5-10(9)13(17)20/h2-8H,1H3,(H,15,16,18)/t8-/m0/s1. The lowest BCUT2D eigenvalue weighted by Crippen LogP contribution is -2.45. The lowest BCUT2D eigenvalue weighted by molar-refractivity contribution is -0.119. The number of aromatic nitrogens is 1. The number of fused-ring (bicyclic) bond motifs is 1. The van der Waals surface area contributed by atoms with Crippen LogP contribution >= 0.6 is 11.3 Å². The Morgan fingerprint density at radius 1 is 1.24 bits per heavy atom. The Labute approximate surface area is 124 Å². The van der Waals surface area contributed by atoms with Gasteiger partial charge < -0.3 is 5.32 Å². The number of hydrogen-bond donors (Lipinski definition) is 1. The number of imide groups is 1. The fraction of sp³-hybridized carbons (Fsp3) is 0.143. The Hall–Kier alpha value is -2.54. The topological polar surface area (TPSA) is 79.4 Å².